The van der Waals surface area contributed by atoms with Gasteiger partial charge in [0.1, 0.15) is 16.2 Å². The summed E-state index contributed by atoms with van der Waals surface area (Å²) in [5.41, 5.74) is 2.37. The molecule has 0 saturated carbocycles. The molecule has 138 valence electrons. The van der Waals surface area contributed by atoms with E-state index < -0.39 is 0 Å². The smallest absolute Gasteiger partial charge is 0.231 e. The van der Waals surface area contributed by atoms with E-state index in [1.165, 1.54) is 28.6 Å². The summed E-state index contributed by atoms with van der Waals surface area (Å²) in [6.45, 7) is 0.713. The summed E-state index contributed by atoms with van der Waals surface area (Å²) < 4.78 is 10.7. The Morgan fingerprint density at radius 3 is 3.11 bits per heavy atom. The molecule has 2 aromatic heterocycles. The molecule has 0 radical (unpaired) electrons. The van der Waals surface area contributed by atoms with E-state index in [0.29, 0.717) is 12.3 Å². The molecule has 5 rings (SSSR count). The average molecular weight is 399 g/mol. The molecule has 2 aliphatic rings. The maximum absolute atomic E-state index is 12.3. The van der Waals surface area contributed by atoms with Crippen molar-refractivity contribution in [1.29, 1.82) is 0 Å². The normalized spacial score (nSPS) is 14.5. The molecule has 1 N–H and O–H groups in total. The first-order chi connectivity index (χ1) is 13.3. The molecule has 0 saturated heterocycles. The summed E-state index contributed by atoms with van der Waals surface area (Å²) in [5.74, 6) is 1.79. The minimum atomic E-state index is -0.0173. The Morgan fingerprint density at radius 1 is 1.22 bits per heavy atom. The maximum Gasteiger partial charge on any atom is 0.231 e. The van der Waals surface area contributed by atoms with Crippen LogP contribution in [0.1, 0.15) is 22.4 Å². The van der Waals surface area contributed by atoms with Crippen LogP contribution in [0.3, 0.4) is 0 Å². The van der Waals surface area contributed by atoms with Gasteiger partial charge in [0.05, 0.1) is 5.75 Å². The maximum atomic E-state index is 12.3. The summed E-state index contributed by atoms with van der Waals surface area (Å²) in [5, 5.41) is 5.03. The van der Waals surface area contributed by atoms with Gasteiger partial charge < -0.3 is 14.8 Å². The summed E-state index contributed by atoms with van der Waals surface area (Å²) >= 11 is 3.25. The van der Waals surface area contributed by atoms with Crippen molar-refractivity contribution in [2.75, 3.05) is 12.5 Å². The minimum Gasteiger partial charge on any atom is -0.454 e. The van der Waals surface area contributed by atoms with Gasteiger partial charge in [0.2, 0.25) is 12.7 Å². The Labute approximate surface area is 164 Å². The van der Waals surface area contributed by atoms with Crippen molar-refractivity contribution >= 4 is 39.2 Å². The van der Waals surface area contributed by atoms with E-state index in [-0.39, 0.29) is 12.7 Å². The number of fused-ring (bicyclic) bond motifs is 4. The lowest BCUT2D eigenvalue weighted by Crippen LogP contribution is -2.24. The van der Waals surface area contributed by atoms with E-state index in [4.69, 9.17) is 9.47 Å². The van der Waals surface area contributed by atoms with Crippen LogP contribution < -0.4 is 14.8 Å². The Morgan fingerprint density at radius 2 is 2.15 bits per heavy atom. The van der Waals surface area contributed by atoms with Crippen LogP contribution in [0.25, 0.3) is 10.2 Å². The van der Waals surface area contributed by atoms with Crippen molar-refractivity contribution in [2.45, 2.75) is 30.8 Å². The third kappa shape index (κ3) is 3.23. The lowest BCUT2D eigenvalue weighted by molar-refractivity contribution is -0.118. The number of carbonyl (C=O) groups excluding carboxylic acids is 1. The number of aryl methyl sites for hydroxylation is 2. The van der Waals surface area contributed by atoms with E-state index >= 15 is 0 Å². The second-order valence-electron chi connectivity index (χ2n) is 6.47. The molecule has 8 heteroatoms. The van der Waals surface area contributed by atoms with Gasteiger partial charge in [-0.3, -0.25) is 4.79 Å². The lowest BCUT2D eigenvalue weighted by Gasteiger charge is -2.07. The van der Waals surface area contributed by atoms with Crippen molar-refractivity contribution in [1.82, 2.24) is 15.3 Å². The molecule has 0 fully saturated rings. The molecule has 1 amide bonds. The zero-order valence-electron chi connectivity index (χ0n) is 14.5. The Bertz CT molecular complexity index is 1030. The average Bonchev–Trinajstić information content (AvgIpc) is 3.39. The summed E-state index contributed by atoms with van der Waals surface area (Å²) in [4.78, 5) is 23.6. The number of amides is 1. The molecule has 0 spiro atoms. The molecular weight excluding hydrogens is 382 g/mol. The van der Waals surface area contributed by atoms with Gasteiger partial charge in [0, 0.05) is 16.8 Å². The third-order valence-electron chi connectivity index (χ3n) is 4.73. The quantitative estimate of drug-likeness (QED) is 0.524. The fourth-order valence-electron chi connectivity index (χ4n) is 3.45. The van der Waals surface area contributed by atoms with Crippen molar-refractivity contribution in [2.24, 2.45) is 0 Å². The first-order valence-electron chi connectivity index (χ1n) is 8.81. The third-order valence-corrected chi connectivity index (χ3v) is 6.92. The van der Waals surface area contributed by atoms with Crippen molar-refractivity contribution in [3.05, 3.63) is 40.5 Å². The highest BCUT2D eigenvalue weighted by molar-refractivity contribution is 8.00. The van der Waals surface area contributed by atoms with Gasteiger partial charge in [-0.05, 0) is 42.5 Å². The van der Waals surface area contributed by atoms with Crippen LogP contribution in [0, 0.1) is 0 Å². The fraction of sp³-hybridized carbons (Fsp3) is 0.316. The van der Waals surface area contributed by atoms with Crippen LogP contribution in [0.2, 0.25) is 0 Å². The molecular formula is C19H17N3O3S2. The largest absolute Gasteiger partial charge is 0.454 e. The number of hydrogen-bond donors (Lipinski definition) is 1. The van der Waals surface area contributed by atoms with E-state index in [2.05, 4.69) is 15.3 Å². The monoisotopic (exact) mass is 399 g/mol. The van der Waals surface area contributed by atoms with Crippen LogP contribution in [-0.4, -0.2) is 28.4 Å². The second kappa shape index (κ2) is 7.01. The molecule has 0 bridgehead atoms. The molecule has 0 unspecified atom stereocenters. The molecule has 3 heterocycles. The fourth-order valence-corrected chi connectivity index (χ4v) is 5.59. The van der Waals surface area contributed by atoms with Crippen molar-refractivity contribution < 1.29 is 14.3 Å². The Kier molecular flexibility index (Phi) is 4.37. The SMILES string of the molecule is O=C(CSc1ncnc2sc3c(c12)CCC3)NCc1ccc2c(c1)OCO2. The predicted molar refractivity (Wildman–Crippen MR) is 105 cm³/mol. The van der Waals surface area contributed by atoms with Crippen molar-refractivity contribution in [3.63, 3.8) is 0 Å². The lowest BCUT2D eigenvalue weighted by atomic mass is 10.2. The van der Waals surface area contributed by atoms with Gasteiger partial charge in [-0.2, -0.15) is 0 Å². The first kappa shape index (κ1) is 16.8. The van der Waals surface area contributed by atoms with Gasteiger partial charge in [-0.15, -0.1) is 11.3 Å². The second-order valence-corrected chi connectivity index (χ2v) is 8.52. The predicted octanol–water partition coefficient (Wildman–Crippen LogP) is 3.32. The minimum absolute atomic E-state index is 0.0173. The number of thioether (sulfide) groups is 1. The molecule has 6 nitrogen and oxygen atoms in total. The van der Waals surface area contributed by atoms with E-state index in [1.54, 1.807) is 17.7 Å². The number of aromatic nitrogens is 2. The standard InChI is InChI=1S/C19H17N3O3S2/c23-16(20-7-11-4-5-13-14(6-11)25-10-24-13)8-26-18-17-12-2-1-3-15(12)27-19(17)22-9-21-18/h4-6,9H,1-3,7-8,10H2,(H,20,23). The number of nitrogens with one attached hydrogen (secondary N) is 1. The molecule has 1 aromatic carbocycles. The Hall–Kier alpha value is -2.32. The van der Waals surface area contributed by atoms with E-state index in [9.17, 15) is 4.79 Å². The molecule has 27 heavy (non-hydrogen) atoms. The number of rotatable bonds is 5. The Balaban J connectivity index is 1.23. The zero-order chi connectivity index (χ0) is 18.2. The summed E-state index contributed by atoms with van der Waals surface area (Å²) in [7, 11) is 0. The number of nitrogens with zero attached hydrogens (tertiary/aromatic N) is 2. The number of thiophene rings is 1. The summed E-state index contributed by atoms with van der Waals surface area (Å²) in [6.07, 6.45) is 5.02. The van der Waals surface area contributed by atoms with Gasteiger partial charge in [-0.1, -0.05) is 17.8 Å². The van der Waals surface area contributed by atoms with E-state index in [1.807, 2.05) is 18.2 Å². The van der Waals surface area contributed by atoms with Gasteiger partial charge in [0.25, 0.3) is 0 Å². The summed E-state index contributed by atoms with van der Waals surface area (Å²) in [6, 6.07) is 5.70. The highest BCUT2D eigenvalue weighted by atomic mass is 32.2. The van der Waals surface area contributed by atoms with Gasteiger partial charge in [0.15, 0.2) is 11.5 Å². The first-order valence-corrected chi connectivity index (χ1v) is 10.6. The van der Waals surface area contributed by atoms with Crippen molar-refractivity contribution in [3.8, 4) is 11.5 Å². The van der Waals surface area contributed by atoms with Crippen LogP contribution in [0.15, 0.2) is 29.6 Å². The molecule has 1 aliphatic heterocycles. The highest BCUT2D eigenvalue weighted by Gasteiger charge is 2.21. The zero-order valence-corrected chi connectivity index (χ0v) is 16.1. The number of benzene rings is 1. The number of hydrogen-bond acceptors (Lipinski definition) is 7. The molecule has 1 aliphatic carbocycles. The highest BCUT2D eigenvalue weighted by Crippen LogP contribution is 2.40. The van der Waals surface area contributed by atoms with Crippen LogP contribution >= 0.6 is 23.1 Å². The van der Waals surface area contributed by atoms with Crippen LogP contribution in [0.4, 0.5) is 0 Å². The van der Waals surface area contributed by atoms with Crippen LogP contribution in [-0.2, 0) is 24.2 Å². The molecule has 0 atom stereocenters. The number of ether oxygens (including phenoxy) is 2. The topological polar surface area (TPSA) is 73.3 Å². The number of carbonyl (C=O) groups is 1. The van der Waals surface area contributed by atoms with Gasteiger partial charge >= 0.3 is 0 Å². The van der Waals surface area contributed by atoms with Crippen LogP contribution in [0.5, 0.6) is 11.5 Å². The van der Waals surface area contributed by atoms with Gasteiger partial charge in [-0.25, -0.2) is 9.97 Å². The van der Waals surface area contributed by atoms with E-state index in [0.717, 1.165) is 45.1 Å². The molecule has 3 aromatic rings.